The van der Waals surface area contributed by atoms with Crippen LogP contribution in [0.3, 0.4) is 0 Å². The Hall–Kier alpha value is -5.92. The van der Waals surface area contributed by atoms with Gasteiger partial charge in [0.05, 0.1) is 20.6 Å². The highest BCUT2D eigenvalue weighted by Crippen LogP contribution is 2.44. The SMILES string of the molecule is [2H]c1c([2H])c([2H])c(-c2c([2H])c([2H])c3c(oc4c([2H])c([2H])c([2H])c(-c5c([2H])c([2H])c(-c6c7ccccc7c(-c7ccccc7)c7ccccc67)c([2H])c5[2H])c43)c2[2H])c([2H])c1[2H]. The van der Waals surface area contributed by atoms with Crippen LogP contribution < -0.4 is 0 Å². The summed E-state index contributed by atoms with van der Waals surface area (Å²) < 4.78 is 139. The monoisotopic (exact) mass is 587 g/mol. The molecule has 0 radical (unpaired) electrons. The first kappa shape index (κ1) is 14.7. The Morgan fingerprint density at radius 2 is 0.956 bits per heavy atom. The number of hydrogen-bond acceptors (Lipinski definition) is 1. The summed E-state index contributed by atoms with van der Waals surface area (Å²) >= 11 is 0. The summed E-state index contributed by atoms with van der Waals surface area (Å²) in [5.41, 5.74) is -0.452. The second-order valence-electron chi connectivity index (χ2n) is 10.5. The molecule has 1 heteroatoms. The molecule has 9 aromatic rings. The van der Waals surface area contributed by atoms with Crippen LogP contribution in [0.25, 0.3) is 88.0 Å². The van der Waals surface area contributed by atoms with Gasteiger partial charge in [0.2, 0.25) is 0 Å². The number of hydrogen-bond donors (Lipinski definition) is 0. The Morgan fingerprint density at radius 3 is 1.62 bits per heavy atom. The Balaban J connectivity index is 1.39. The predicted molar refractivity (Wildman–Crippen MR) is 190 cm³/mol. The van der Waals surface area contributed by atoms with Gasteiger partial charge < -0.3 is 4.42 Å². The quantitative estimate of drug-likeness (QED) is 0.187. The van der Waals surface area contributed by atoms with Crippen LogP contribution in [0.5, 0.6) is 0 Å². The van der Waals surface area contributed by atoms with Crippen molar-refractivity contribution < 1.29 is 25.0 Å². The van der Waals surface area contributed by atoms with E-state index < -0.39 is 118 Å². The molecule has 0 amide bonds. The van der Waals surface area contributed by atoms with Crippen molar-refractivity contribution in [2.75, 3.05) is 0 Å². The molecule has 8 aromatic carbocycles. The molecule has 210 valence electrons. The molecule has 0 N–H and O–H groups in total. The zero-order chi connectivity index (χ0) is 42.8. The van der Waals surface area contributed by atoms with E-state index in [0.29, 0.717) is 16.3 Å². The normalized spacial score (nSPS) is 16.2. The molecule has 0 atom stereocenters. The number of rotatable bonds is 4. The predicted octanol–water partition coefficient (Wildman–Crippen LogP) is 12.6. The summed E-state index contributed by atoms with van der Waals surface area (Å²) in [4.78, 5) is 0. The maximum atomic E-state index is 9.52. The maximum absolute atomic E-state index is 9.52. The van der Waals surface area contributed by atoms with E-state index in [1.54, 1.807) is 0 Å². The van der Waals surface area contributed by atoms with Crippen molar-refractivity contribution in [3.63, 3.8) is 0 Å². The van der Waals surface area contributed by atoms with Crippen molar-refractivity contribution in [2.24, 2.45) is 0 Å². The fourth-order valence-electron chi connectivity index (χ4n) is 6.01. The van der Waals surface area contributed by atoms with E-state index in [0.717, 1.165) is 21.9 Å². The zero-order valence-corrected chi connectivity index (χ0v) is 23.4. The standard InChI is InChI=1S/C44H28O/c1-3-12-29(13-4-1)33-26-27-39-41(28-33)45-40-21-11-20-34(44(39)40)30-22-24-32(25-23-30)43-37-18-9-7-16-35(37)42(31-14-5-2-6-15-31)36-17-8-10-19-38(36)43/h1-28H/i1D,3D,4D,11D,12D,13D,20D,21D,22D,23D,24D,25D,26D,27D,28D. The summed E-state index contributed by atoms with van der Waals surface area (Å²) in [5.74, 6) is 0. The van der Waals surface area contributed by atoms with Gasteiger partial charge in [0.25, 0.3) is 0 Å². The van der Waals surface area contributed by atoms with Gasteiger partial charge in [-0.3, -0.25) is 0 Å². The van der Waals surface area contributed by atoms with Gasteiger partial charge in [0.1, 0.15) is 11.2 Å². The highest BCUT2D eigenvalue weighted by Gasteiger charge is 2.17. The highest BCUT2D eigenvalue weighted by atomic mass is 16.3. The summed E-state index contributed by atoms with van der Waals surface area (Å²) in [6.45, 7) is 0. The van der Waals surface area contributed by atoms with Gasteiger partial charge in [-0.15, -0.1) is 0 Å². The third-order valence-electron chi connectivity index (χ3n) is 7.94. The van der Waals surface area contributed by atoms with Crippen molar-refractivity contribution in [2.45, 2.75) is 0 Å². The minimum Gasteiger partial charge on any atom is -0.456 e. The van der Waals surface area contributed by atoms with E-state index in [1.165, 1.54) is 0 Å². The highest BCUT2D eigenvalue weighted by molar-refractivity contribution is 6.21. The van der Waals surface area contributed by atoms with E-state index in [1.807, 2.05) is 78.9 Å². The van der Waals surface area contributed by atoms with Crippen molar-refractivity contribution in [3.05, 3.63) is 169 Å². The van der Waals surface area contributed by atoms with Gasteiger partial charge in [-0.05, 0) is 84.2 Å². The molecule has 0 fully saturated rings. The summed E-state index contributed by atoms with van der Waals surface area (Å²) in [6.07, 6.45) is 0. The van der Waals surface area contributed by atoms with Crippen molar-refractivity contribution in [1.82, 2.24) is 0 Å². The summed E-state index contributed by atoms with van der Waals surface area (Å²) in [5, 5.41) is 2.37. The van der Waals surface area contributed by atoms with Crippen LogP contribution in [0.1, 0.15) is 20.6 Å². The van der Waals surface area contributed by atoms with Gasteiger partial charge >= 0.3 is 0 Å². The molecular formula is C44H28O. The van der Waals surface area contributed by atoms with Gasteiger partial charge in [-0.1, -0.05) is 151 Å². The number of furan rings is 1. The largest absolute Gasteiger partial charge is 0.456 e. The Morgan fingerprint density at radius 1 is 0.378 bits per heavy atom. The molecular weight excluding hydrogens is 544 g/mol. The average Bonchev–Trinajstić information content (AvgIpc) is 3.66. The molecule has 9 rings (SSSR count). The Labute approximate surface area is 282 Å². The van der Waals surface area contributed by atoms with E-state index in [4.69, 9.17) is 19.5 Å². The van der Waals surface area contributed by atoms with Crippen LogP contribution in [0, 0.1) is 0 Å². The second-order valence-corrected chi connectivity index (χ2v) is 10.5. The number of benzene rings is 8. The van der Waals surface area contributed by atoms with Gasteiger partial charge in [-0.25, -0.2) is 0 Å². The van der Waals surface area contributed by atoms with Crippen LogP contribution >= 0.6 is 0 Å². The van der Waals surface area contributed by atoms with Gasteiger partial charge in [0.15, 0.2) is 0 Å². The average molecular weight is 588 g/mol. The molecule has 0 saturated heterocycles. The fourth-order valence-corrected chi connectivity index (χ4v) is 6.01. The molecule has 1 heterocycles. The lowest BCUT2D eigenvalue weighted by Crippen LogP contribution is -1.90. The van der Waals surface area contributed by atoms with E-state index in [9.17, 15) is 5.48 Å². The molecule has 0 aliphatic heterocycles. The van der Waals surface area contributed by atoms with E-state index >= 15 is 0 Å². The van der Waals surface area contributed by atoms with Crippen molar-refractivity contribution in [1.29, 1.82) is 0 Å². The molecule has 0 unspecified atom stereocenters. The minimum atomic E-state index is -0.736. The molecule has 0 aliphatic rings. The lowest BCUT2D eigenvalue weighted by atomic mass is 9.85. The Bertz CT molecular complexity index is 3260. The van der Waals surface area contributed by atoms with Crippen LogP contribution in [0.4, 0.5) is 0 Å². The van der Waals surface area contributed by atoms with E-state index in [2.05, 4.69) is 0 Å². The molecule has 0 spiro atoms. The van der Waals surface area contributed by atoms with Crippen LogP contribution in [0.15, 0.2) is 174 Å². The first-order valence-corrected chi connectivity index (χ1v) is 14.2. The van der Waals surface area contributed by atoms with Crippen molar-refractivity contribution in [3.8, 4) is 44.5 Å². The topological polar surface area (TPSA) is 13.1 Å². The molecule has 1 nitrogen and oxygen atoms in total. The summed E-state index contributed by atoms with van der Waals surface area (Å²) in [6, 6.07) is 15.0. The van der Waals surface area contributed by atoms with Crippen LogP contribution in [0.2, 0.25) is 0 Å². The third-order valence-corrected chi connectivity index (χ3v) is 7.94. The smallest absolute Gasteiger partial charge is 0.136 e. The van der Waals surface area contributed by atoms with Crippen molar-refractivity contribution >= 4 is 43.5 Å². The van der Waals surface area contributed by atoms with Gasteiger partial charge in [0, 0.05) is 10.8 Å². The Kier molecular flexibility index (Phi) is 3.39. The molecule has 0 aliphatic carbocycles. The lowest BCUT2D eigenvalue weighted by molar-refractivity contribution is 0.669. The van der Waals surface area contributed by atoms with Crippen LogP contribution in [-0.2, 0) is 0 Å². The number of fused-ring (bicyclic) bond motifs is 5. The first-order valence-electron chi connectivity index (χ1n) is 21.7. The molecule has 45 heavy (non-hydrogen) atoms. The molecule has 1 aromatic heterocycles. The van der Waals surface area contributed by atoms with E-state index in [-0.39, 0.29) is 21.9 Å². The van der Waals surface area contributed by atoms with Gasteiger partial charge in [-0.2, -0.15) is 0 Å². The molecule has 0 saturated carbocycles. The lowest BCUT2D eigenvalue weighted by Gasteiger charge is -2.18. The van der Waals surface area contributed by atoms with Crippen LogP contribution in [-0.4, -0.2) is 0 Å². The fraction of sp³-hybridized carbons (Fsp3) is 0. The summed E-state index contributed by atoms with van der Waals surface area (Å²) in [7, 11) is 0. The third kappa shape index (κ3) is 4.17. The second kappa shape index (κ2) is 10.4. The minimum absolute atomic E-state index is 0.0184. The zero-order valence-electron chi connectivity index (χ0n) is 38.4. The first-order chi connectivity index (χ1) is 28.6. The maximum Gasteiger partial charge on any atom is 0.136 e. The molecule has 0 bridgehead atoms.